The zero-order chi connectivity index (χ0) is 18.8. The Morgan fingerprint density at radius 1 is 1.33 bits per heavy atom. The van der Waals surface area contributed by atoms with Crippen molar-refractivity contribution in [2.24, 2.45) is 12.0 Å². The van der Waals surface area contributed by atoms with Crippen LogP contribution in [0.2, 0.25) is 0 Å². The van der Waals surface area contributed by atoms with Crippen LogP contribution in [0.25, 0.3) is 0 Å². The van der Waals surface area contributed by atoms with E-state index in [0.29, 0.717) is 12.6 Å². The van der Waals surface area contributed by atoms with Gasteiger partial charge in [0.25, 0.3) is 0 Å². The molecule has 156 valence electrons. The van der Waals surface area contributed by atoms with Crippen LogP contribution in [0.1, 0.15) is 50.7 Å². The first-order valence-electron chi connectivity index (χ1n) is 9.64. The van der Waals surface area contributed by atoms with Gasteiger partial charge in [0.1, 0.15) is 12.4 Å². The highest BCUT2D eigenvalue weighted by molar-refractivity contribution is 14.0. The lowest BCUT2D eigenvalue weighted by Gasteiger charge is -2.30. The fourth-order valence-corrected chi connectivity index (χ4v) is 4.78. The molecule has 1 aromatic heterocycles. The summed E-state index contributed by atoms with van der Waals surface area (Å²) < 4.78 is 2.00. The van der Waals surface area contributed by atoms with Crippen LogP contribution in [-0.2, 0) is 13.6 Å². The van der Waals surface area contributed by atoms with Gasteiger partial charge in [-0.3, -0.25) is 0 Å². The lowest BCUT2D eigenvalue weighted by Crippen LogP contribution is -2.46. The number of rotatable bonds is 9. The minimum Gasteiger partial charge on any atom is -0.356 e. The first kappa shape index (κ1) is 24.9. The van der Waals surface area contributed by atoms with Crippen LogP contribution in [0.4, 0.5) is 0 Å². The van der Waals surface area contributed by atoms with Crippen LogP contribution in [0, 0.1) is 6.92 Å². The van der Waals surface area contributed by atoms with Gasteiger partial charge < -0.3 is 15.2 Å². The number of aromatic nitrogens is 3. The second-order valence-electron chi connectivity index (χ2n) is 6.75. The molecule has 0 aliphatic heterocycles. The molecule has 2 atom stereocenters. The lowest BCUT2D eigenvalue weighted by atomic mass is 9.95. The van der Waals surface area contributed by atoms with Gasteiger partial charge in [-0.1, -0.05) is 13.3 Å². The Bertz CT molecular complexity index is 564. The molecule has 1 heterocycles. The van der Waals surface area contributed by atoms with Gasteiger partial charge in [0.05, 0.1) is 0 Å². The molecule has 1 aromatic rings. The molecule has 0 amide bonds. The number of halogens is 1. The lowest BCUT2D eigenvalue weighted by molar-refractivity contribution is 0.418. The summed E-state index contributed by atoms with van der Waals surface area (Å²) in [6.45, 7) is 5.72. The molecule has 6 nitrogen and oxygen atoms in total. The third-order valence-electron chi connectivity index (χ3n) is 4.75. The summed E-state index contributed by atoms with van der Waals surface area (Å²) in [6.07, 6.45) is 8.41. The molecule has 2 unspecified atom stereocenters. The molecular formula is C18H35IN6S2. The second-order valence-corrected chi connectivity index (χ2v) is 9.31. The van der Waals surface area contributed by atoms with Crippen molar-refractivity contribution in [1.82, 2.24) is 25.4 Å². The number of aryl methyl sites for hydroxylation is 1. The Balaban J connectivity index is 0.00000364. The minimum absolute atomic E-state index is 0. The predicted molar refractivity (Wildman–Crippen MR) is 131 cm³/mol. The third-order valence-corrected chi connectivity index (χ3v) is 6.68. The number of guanidine groups is 1. The van der Waals surface area contributed by atoms with Crippen molar-refractivity contribution in [3.05, 3.63) is 11.6 Å². The summed E-state index contributed by atoms with van der Waals surface area (Å²) in [7, 11) is 1.99. The highest BCUT2D eigenvalue weighted by Crippen LogP contribution is 2.28. The molecule has 1 aliphatic rings. The van der Waals surface area contributed by atoms with Gasteiger partial charge in [-0.2, -0.15) is 23.5 Å². The number of hydrogen-bond donors (Lipinski definition) is 2. The first-order chi connectivity index (χ1) is 12.6. The van der Waals surface area contributed by atoms with Crippen molar-refractivity contribution >= 4 is 53.5 Å². The van der Waals surface area contributed by atoms with Crippen LogP contribution in [0.3, 0.4) is 0 Å². The van der Waals surface area contributed by atoms with Gasteiger partial charge in [0.2, 0.25) is 0 Å². The van der Waals surface area contributed by atoms with Crippen molar-refractivity contribution < 1.29 is 0 Å². The van der Waals surface area contributed by atoms with Gasteiger partial charge >= 0.3 is 0 Å². The van der Waals surface area contributed by atoms with Crippen LogP contribution < -0.4 is 10.6 Å². The maximum Gasteiger partial charge on any atom is 0.191 e. The van der Waals surface area contributed by atoms with E-state index in [1.165, 1.54) is 37.2 Å². The fraction of sp³-hybridized carbons (Fsp3) is 0.833. The summed E-state index contributed by atoms with van der Waals surface area (Å²) in [4.78, 5) is 4.79. The molecule has 2 rings (SSSR count). The quantitative estimate of drug-likeness (QED) is 0.222. The summed E-state index contributed by atoms with van der Waals surface area (Å²) in [5.41, 5.74) is 0. The van der Waals surface area contributed by atoms with E-state index < -0.39 is 0 Å². The van der Waals surface area contributed by atoms with Crippen molar-refractivity contribution in [2.75, 3.05) is 24.3 Å². The van der Waals surface area contributed by atoms with E-state index in [4.69, 9.17) is 4.99 Å². The molecular weight excluding hydrogens is 491 g/mol. The maximum atomic E-state index is 4.79. The summed E-state index contributed by atoms with van der Waals surface area (Å²) in [6, 6.07) is 0.515. The van der Waals surface area contributed by atoms with E-state index in [0.717, 1.165) is 35.8 Å². The van der Waals surface area contributed by atoms with Crippen LogP contribution >= 0.6 is 47.5 Å². The van der Waals surface area contributed by atoms with E-state index in [9.17, 15) is 0 Å². The molecule has 1 aliphatic carbocycles. The third kappa shape index (κ3) is 8.81. The van der Waals surface area contributed by atoms with Crippen molar-refractivity contribution in [1.29, 1.82) is 0 Å². The van der Waals surface area contributed by atoms with Gasteiger partial charge in [-0.15, -0.1) is 34.2 Å². The molecule has 27 heavy (non-hydrogen) atoms. The molecule has 1 fully saturated rings. The van der Waals surface area contributed by atoms with E-state index in [-0.39, 0.29) is 24.0 Å². The van der Waals surface area contributed by atoms with Crippen LogP contribution in [0.5, 0.6) is 0 Å². The number of aliphatic imine (C=N–C) groups is 1. The number of nitrogens with zero attached hydrogens (tertiary/aromatic N) is 4. The van der Waals surface area contributed by atoms with E-state index in [2.05, 4.69) is 45.8 Å². The molecule has 2 N–H and O–H groups in total. The molecule has 0 bridgehead atoms. The molecule has 0 radical (unpaired) electrons. The maximum absolute atomic E-state index is 4.79. The van der Waals surface area contributed by atoms with E-state index in [1.807, 2.05) is 30.3 Å². The van der Waals surface area contributed by atoms with Gasteiger partial charge in [-0.25, -0.2) is 4.99 Å². The molecule has 0 saturated heterocycles. The average Bonchev–Trinajstić information content (AvgIpc) is 2.95. The Hall–Kier alpha value is -0.160. The largest absolute Gasteiger partial charge is 0.356 e. The average molecular weight is 527 g/mol. The molecule has 0 spiro atoms. The van der Waals surface area contributed by atoms with Crippen LogP contribution in [0.15, 0.2) is 4.99 Å². The van der Waals surface area contributed by atoms with Gasteiger partial charge in [0.15, 0.2) is 11.8 Å². The monoisotopic (exact) mass is 526 g/mol. The van der Waals surface area contributed by atoms with E-state index in [1.54, 1.807) is 0 Å². The summed E-state index contributed by atoms with van der Waals surface area (Å²) >= 11 is 3.98. The zero-order valence-electron chi connectivity index (χ0n) is 17.0. The summed E-state index contributed by atoms with van der Waals surface area (Å²) in [5, 5.41) is 16.3. The van der Waals surface area contributed by atoms with Gasteiger partial charge in [-0.05, 0) is 50.4 Å². The smallest absolute Gasteiger partial charge is 0.191 e. The normalized spacial score (nSPS) is 20.2. The Labute approximate surface area is 189 Å². The van der Waals surface area contributed by atoms with Crippen molar-refractivity contribution in [2.45, 2.75) is 63.8 Å². The highest BCUT2D eigenvalue weighted by Gasteiger charge is 2.22. The SMILES string of the molecule is CCSC1CCCC(NC(=NCc2nnc(C)n2C)NCCCSC)C1.I. The fourth-order valence-electron chi connectivity index (χ4n) is 3.17. The predicted octanol–water partition coefficient (Wildman–Crippen LogP) is 3.59. The van der Waals surface area contributed by atoms with Crippen LogP contribution in [-0.4, -0.2) is 56.3 Å². The molecule has 9 heteroatoms. The second kappa shape index (κ2) is 13.9. The summed E-state index contributed by atoms with van der Waals surface area (Å²) in [5.74, 6) is 5.11. The standard InChI is InChI=1S/C18H34N6S2.HI/c1-5-26-16-9-6-8-15(12-16)21-18(19-10-7-11-25-4)20-13-17-23-22-14(2)24(17)3;/h15-16H,5-13H2,1-4H3,(H2,19,20,21);1H. The Morgan fingerprint density at radius 2 is 2.15 bits per heavy atom. The number of hydrogen-bond acceptors (Lipinski definition) is 5. The first-order valence-corrected chi connectivity index (χ1v) is 12.1. The molecule has 0 aromatic carbocycles. The zero-order valence-corrected chi connectivity index (χ0v) is 21.0. The van der Waals surface area contributed by atoms with Gasteiger partial charge in [0, 0.05) is 24.9 Å². The minimum atomic E-state index is 0. The molecule has 1 saturated carbocycles. The highest BCUT2D eigenvalue weighted by atomic mass is 127. The Kier molecular flexibility index (Phi) is 12.8. The van der Waals surface area contributed by atoms with Crippen molar-refractivity contribution in [3.63, 3.8) is 0 Å². The van der Waals surface area contributed by atoms with Crippen molar-refractivity contribution in [3.8, 4) is 0 Å². The Morgan fingerprint density at radius 3 is 2.81 bits per heavy atom. The van der Waals surface area contributed by atoms with E-state index >= 15 is 0 Å². The number of thioether (sulfide) groups is 2. The number of nitrogens with one attached hydrogen (secondary N) is 2. The topological polar surface area (TPSA) is 67.1 Å².